The lowest BCUT2D eigenvalue weighted by Crippen LogP contribution is -2.26. The van der Waals surface area contributed by atoms with Crippen molar-refractivity contribution in [2.24, 2.45) is 17.6 Å². The zero-order valence-electron chi connectivity index (χ0n) is 10.7. The molecule has 1 aliphatic rings. The van der Waals surface area contributed by atoms with Crippen LogP contribution in [0.1, 0.15) is 49.8 Å². The van der Waals surface area contributed by atoms with E-state index in [2.05, 4.69) is 6.92 Å². The van der Waals surface area contributed by atoms with E-state index in [0.717, 1.165) is 17.0 Å². The van der Waals surface area contributed by atoms with Crippen LogP contribution in [0.5, 0.6) is 0 Å². The van der Waals surface area contributed by atoms with Gasteiger partial charge in [0.25, 0.3) is 0 Å². The Morgan fingerprint density at radius 3 is 2.53 bits per heavy atom. The predicted molar refractivity (Wildman–Crippen MR) is 69.2 cm³/mol. The molecule has 0 aliphatic heterocycles. The molecule has 2 N–H and O–H groups in total. The third kappa shape index (κ3) is 2.86. The number of nitrogens with two attached hydrogens (primary N) is 1. The first-order valence-electron chi connectivity index (χ1n) is 6.59. The van der Waals surface area contributed by atoms with Crippen LogP contribution >= 0.6 is 0 Å². The van der Waals surface area contributed by atoms with E-state index in [0.29, 0.717) is 5.92 Å². The third-order valence-electron chi connectivity index (χ3n) is 4.17. The summed E-state index contributed by atoms with van der Waals surface area (Å²) in [7, 11) is 0. The first-order chi connectivity index (χ1) is 8.08. The molecule has 0 heterocycles. The SMILES string of the molecule is Cc1ccc(F)cc1C(N)C1CCC(C)CC1. The molecule has 1 aliphatic carbocycles. The first kappa shape index (κ1) is 12.6. The van der Waals surface area contributed by atoms with E-state index in [1.807, 2.05) is 13.0 Å². The highest BCUT2D eigenvalue weighted by molar-refractivity contribution is 5.29. The second-order valence-corrected chi connectivity index (χ2v) is 5.55. The van der Waals surface area contributed by atoms with Crippen LogP contribution in [0.25, 0.3) is 0 Å². The molecule has 0 saturated heterocycles. The Labute approximate surface area is 103 Å². The van der Waals surface area contributed by atoms with Crippen LogP contribution in [0, 0.1) is 24.6 Å². The summed E-state index contributed by atoms with van der Waals surface area (Å²) in [6.45, 7) is 4.31. The molecule has 0 spiro atoms. The Bertz CT molecular complexity index is 381. The number of hydrogen-bond acceptors (Lipinski definition) is 1. The minimum absolute atomic E-state index is 0.00167. The summed E-state index contributed by atoms with van der Waals surface area (Å²) in [6, 6.07) is 4.95. The summed E-state index contributed by atoms with van der Waals surface area (Å²) in [5.74, 6) is 1.17. The van der Waals surface area contributed by atoms with Gasteiger partial charge in [0.15, 0.2) is 0 Å². The molecule has 1 nitrogen and oxygen atoms in total. The number of halogens is 1. The molecule has 2 rings (SSSR count). The van der Waals surface area contributed by atoms with Crippen LogP contribution in [-0.4, -0.2) is 0 Å². The standard InChI is InChI=1S/C15H22FN/c1-10-3-6-12(7-4-10)15(17)14-9-13(16)8-5-11(14)2/h5,8-10,12,15H,3-4,6-7,17H2,1-2H3. The van der Waals surface area contributed by atoms with E-state index in [1.165, 1.54) is 31.7 Å². The van der Waals surface area contributed by atoms with E-state index in [-0.39, 0.29) is 11.9 Å². The maximum absolute atomic E-state index is 13.3. The van der Waals surface area contributed by atoms with Crippen LogP contribution in [0.3, 0.4) is 0 Å². The largest absolute Gasteiger partial charge is 0.324 e. The van der Waals surface area contributed by atoms with Crippen molar-refractivity contribution in [3.63, 3.8) is 0 Å². The molecule has 1 fully saturated rings. The molecule has 2 heteroatoms. The topological polar surface area (TPSA) is 26.0 Å². The van der Waals surface area contributed by atoms with Crippen LogP contribution in [0.4, 0.5) is 4.39 Å². The third-order valence-corrected chi connectivity index (χ3v) is 4.17. The monoisotopic (exact) mass is 235 g/mol. The number of aryl methyl sites for hydroxylation is 1. The molecule has 94 valence electrons. The molecule has 0 aromatic heterocycles. The van der Waals surface area contributed by atoms with Crippen molar-refractivity contribution in [1.29, 1.82) is 0 Å². The maximum atomic E-state index is 13.3. The van der Waals surface area contributed by atoms with E-state index in [9.17, 15) is 4.39 Å². The first-order valence-corrected chi connectivity index (χ1v) is 6.59. The van der Waals surface area contributed by atoms with Gasteiger partial charge in [0, 0.05) is 6.04 Å². The minimum atomic E-state index is -0.176. The summed E-state index contributed by atoms with van der Waals surface area (Å²) in [5, 5.41) is 0. The fraction of sp³-hybridized carbons (Fsp3) is 0.600. The van der Waals surface area contributed by atoms with E-state index in [4.69, 9.17) is 5.73 Å². The zero-order valence-corrected chi connectivity index (χ0v) is 10.7. The van der Waals surface area contributed by atoms with Gasteiger partial charge in [-0.2, -0.15) is 0 Å². The summed E-state index contributed by atoms with van der Waals surface area (Å²) in [6.07, 6.45) is 4.87. The molecule has 1 aromatic carbocycles. The average molecular weight is 235 g/mol. The lowest BCUT2D eigenvalue weighted by molar-refractivity contribution is 0.255. The maximum Gasteiger partial charge on any atom is 0.123 e. The van der Waals surface area contributed by atoms with Crippen molar-refractivity contribution in [1.82, 2.24) is 0 Å². The number of benzene rings is 1. The summed E-state index contributed by atoms with van der Waals surface area (Å²) >= 11 is 0. The van der Waals surface area contributed by atoms with Gasteiger partial charge in [-0.3, -0.25) is 0 Å². The van der Waals surface area contributed by atoms with E-state index >= 15 is 0 Å². The van der Waals surface area contributed by atoms with Gasteiger partial charge in [-0.05, 0) is 54.9 Å². The Morgan fingerprint density at radius 2 is 1.88 bits per heavy atom. The molecule has 1 saturated carbocycles. The molecule has 0 bridgehead atoms. The fourth-order valence-corrected chi connectivity index (χ4v) is 2.87. The lowest BCUT2D eigenvalue weighted by atomic mass is 9.77. The smallest absolute Gasteiger partial charge is 0.123 e. The van der Waals surface area contributed by atoms with Crippen molar-refractivity contribution < 1.29 is 4.39 Å². The highest BCUT2D eigenvalue weighted by Gasteiger charge is 2.25. The number of rotatable bonds is 2. The van der Waals surface area contributed by atoms with Crippen molar-refractivity contribution in [3.8, 4) is 0 Å². The molecule has 0 radical (unpaired) electrons. The molecular formula is C15H22FN. The van der Waals surface area contributed by atoms with Crippen LogP contribution in [0.15, 0.2) is 18.2 Å². The van der Waals surface area contributed by atoms with Gasteiger partial charge in [-0.15, -0.1) is 0 Å². The van der Waals surface area contributed by atoms with Crippen LogP contribution < -0.4 is 5.73 Å². The van der Waals surface area contributed by atoms with Crippen LogP contribution in [-0.2, 0) is 0 Å². The molecule has 17 heavy (non-hydrogen) atoms. The Kier molecular flexibility index (Phi) is 3.82. The van der Waals surface area contributed by atoms with Crippen LogP contribution in [0.2, 0.25) is 0 Å². The van der Waals surface area contributed by atoms with Gasteiger partial charge in [0.2, 0.25) is 0 Å². The Hall–Kier alpha value is -0.890. The van der Waals surface area contributed by atoms with Gasteiger partial charge in [0.1, 0.15) is 5.82 Å². The summed E-state index contributed by atoms with van der Waals surface area (Å²) in [4.78, 5) is 0. The second-order valence-electron chi connectivity index (χ2n) is 5.55. The summed E-state index contributed by atoms with van der Waals surface area (Å²) < 4.78 is 13.3. The van der Waals surface area contributed by atoms with Gasteiger partial charge >= 0.3 is 0 Å². The van der Waals surface area contributed by atoms with E-state index < -0.39 is 0 Å². The predicted octanol–water partition coefficient (Wildman–Crippen LogP) is 3.96. The van der Waals surface area contributed by atoms with Gasteiger partial charge in [-0.1, -0.05) is 25.8 Å². The molecule has 1 aromatic rings. The van der Waals surface area contributed by atoms with Crippen molar-refractivity contribution in [2.45, 2.75) is 45.6 Å². The molecular weight excluding hydrogens is 213 g/mol. The zero-order chi connectivity index (χ0) is 12.4. The lowest BCUT2D eigenvalue weighted by Gasteiger charge is -2.31. The van der Waals surface area contributed by atoms with Gasteiger partial charge < -0.3 is 5.73 Å². The van der Waals surface area contributed by atoms with Crippen molar-refractivity contribution in [3.05, 3.63) is 35.1 Å². The highest BCUT2D eigenvalue weighted by atomic mass is 19.1. The quantitative estimate of drug-likeness (QED) is 0.825. The van der Waals surface area contributed by atoms with Gasteiger partial charge in [-0.25, -0.2) is 4.39 Å². The average Bonchev–Trinajstić information content (AvgIpc) is 2.32. The Morgan fingerprint density at radius 1 is 1.24 bits per heavy atom. The summed E-state index contributed by atoms with van der Waals surface area (Å²) in [5.41, 5.74) is 8.42. The number of hydrogen-bond donors (Lipinski definition) is 1. The molecule has 1 atom stereocenters. The fourth-order valence-electron chi connectivity index (χ4n) is 2.87. The van der Waals surface area contributed by atoms with Crippen molar-refractivity contribution >= 4 is 0 Å². The van der Waals surface area contributed by atoms with Gasteiger partial charge in [0.05, 0.1) is 0 Å². The van der Waals surface area contributed by atoms with Crippen molar-refractivity contribution in [2.75, 3.05) is 0 Å². The second kappa shape index (κ2) is 5.18. The Balaban J connectivity index is 2.13. The molecule has 0 amide bonds. The normalized spacial score (nSPS) is 26.8. The minimum Gasteiger partial charge on any atom is -0.324 e. The van der Waals surface area contributed by atoms with E-state index in [1.54, 1.807) is 6.07 Å². The highest BCUT2D eigenvalue weighted by Crippen LogP contribution is 2.36. The molecule has 1 unspecified atom stereocenters.